The molecule has 2 nitrogen and oxygen atoms in total. The van der Waals surface area contributed by atoms with Crippen LogP contribution < -0.4 is 9.47 Å². The molecule has 0 unspecified atom stereocenters. The second-order valence-corrected chi connectivity index (χ2v) is 7.92. The van der Waals surface area contributed by atoms with E-state index < -0.39 is 34.6 Å². The monoisotopic (exact) mass is 480 g/mol. The Kier molecular flexibility index (Phi) is 5.55. The van der Waals surface area contributed by atoms with E-state index in [9.17, 15) is 4.39 Å². The minimum Gasteiger partial charge on any atom is -0.497 e. The number of hydrogen-bond donors (Lipinski definition) is 0. The lowest BCUT2D eigenvalue weighted by atomic mass is 9.85. The van der Waals surface area contributed by atoms with Crippen molar-refractivity contribution in [1.29, 1.82) is 0 Å². The fraction of sp³-hybridized carbons (Fsp3) is 0.0714. The lowest BCUT2D eigenvalue weighted by Crippen LogP contribution is -1.99. The van der Waals surface area contributed by atoms with Crippen molar-refractivity contribution in [3.63, 3.8) is 0 Å². The van der Waals surface area contributed by atoms with Crippen molar-refractivity contribution in [2.45, 2.75) is 0 Å². The van der Waals surface area contributed by atoms with E-state index in [0.29, 0.717) is 5.39 Å². The molecule has 5 aromatic carbocycles. The smallest absolute Gasteiger partial charge is 0.137 e. The lowest BCUT2D eigenvalue weighted by Gasteiger charge is -2.19. The average Bonchev–Trinajstić information content (AvgIpc) is 2.83. The fourth-order valence-corrected chi connectivity index (χ4v) is 4.50. The zero-order valence-electron chi connectivity index (χ0n) is 18.6. The van der Waals surface area contributed by atoms with Crippen molar-refractivity contribution in [1.82, 2.24) is 0 Å². The number of fused-ring (bicyclic) bond motifs is 2. The van der Waals surface area contributed by atoms with Crippen LogP contribution in [0.15, 0.2) is 66.7 Å². The summed E-state index contributed by atoms with van der Waals surface area (Å²) >= 11 is 0. The van der Waals surface area contributed by atoms with E-state index in [1.165, 1.54) is 20.3 Å². The minimum atomic E-state index is -0.924. The molecule has 7 heteroatoms. The molecule has 0 amide bonds. The first-order valence-corrected chi connectivity index (χ1v) is 10.5. The Morgan fingerprint density at radius 3 is 1.29 bits per heavy atom. The van der Waals surface area contributed by atoms with Crippen molar-refractivity contribution in [2.75, 3.05) is 14.2 Å². The number of hydrogen-bond acceptors (Lipinski definition) is 2. The van der Waals surface area contributed by atoms with Gasteiger partial charge in [-0.25, -0.2) is 22.0 Å². The van der Waals surface area contributed by atoms with Crippen LogP contribution in [0.25, 0.3) is 43.8 Å². The Bertz CT molecular complexity index is 1580. The Morgan fingerprint density at radius 2 is 0.857 bits per heavy atom. The van der Waals surface area contributed by atoms with E-state index >= 15 is 17.6 Å². The van der Waals surface area contributed by atoms with Crippen molar-refractivity contribution in [3.05, 3.63) is 95.8 Å². The van der Waals surface area contributed by atoms with Gasteiger partial charge in [-0.05, 0) is 33.7 Å². The number of halogens is 5. The molecule has 0 saturated heterocycles. The van der Waals surface area contributed by atoms with Crippen LogP contribution in [-0.2, 0) is 0 Å². The topological polar surface area (TPSA) is 18.5 Å². The molecule has 5 aromatic rings. The molecule has 0 saturated carbocycles. The van der Waals surface area contributed by atoms with Crippen LogP contribution in [0.3, 0.4) is 0 Å². The summed E-state index contributed by atoms with van der Waals surface area (Å²) in [5.74, 6) is -4.35. The Hall–Kier alpha value is -4.13. The third-order valence-electron chi connectivity index (χ3n) is 5.99. The molecule has 0 aliphatic heterocycles. The third-order valence-corrected chi connectivity index (χ3v) is 5.99. The quantitative estimate of drug-likeness (QED) is 0.191. The van der Waals surface area contributed by atoms with Crippen LogP contribution >= 0.6 is 0 Å². The van der Waals surface area contributed by atoms with Gasteiger partial charge in [0.05, 0.1) is 25.3 Å². The first kappa shape index (κ1) is 22.7. The number of ether oxygens (including phenoxy) is 2. The van der Waals surface area contributed by atoms with Crippen molar-refractivity contribution >= 4 is 21.5 Å². The van der Waals surface area contributed by atoms with Crippen LogP contribution in [0.2, 0.25) is 0 Å². The van der Waals surface area contributed by atoms with E-state index in [0.717, 1.165) is 36.4 Å². The Labute approximate surface area is 197 Å². The summed E-state index contributed by atoms with van der Waals surface area (Å²) < 4.78 is 85.3. The normalized spacial score (nSPS) is 11.3. The molecule has 0 heterocycles. The summed E-state index contributed by atoms with van der Waals surface area (Å²) in [6.45, 7) is 0. The lowest BCUT2D eigenvalue weighted by molar-refractivity contribution is 0.407. The second-order valence-electron chi connectivity index (χ2n) is 7.92. The maximum Gasteiger partial charge on any atom is 0.137 e. The molecule has 5 rings (SSSR count). The first-order valence-electron chi connectivity index (χ1n) is 10.5. The van der Waals surface area contributed by atoms with E-state index in [1.54, 1.807) is 24.3 Å². The van der Waals surface area contributed by atoms with E-state index in [2.05, 4.69) is 0 Å². The highest BCUT2D eigenvalue weighted by molar-refractivity contribution is 6.21. The second kappa shape index (κ2) is 8.58. The van der Waals surface area contributed by atoms with E-state index in [-0.39, 0.29) is 44.3 Å². The van der Waals surface area contributed by atoms with E-state index in [4.69, 9.17) is 9.47 Å². The molecule has 0 atom stereocenters. The highest BCUT2D eigenvalue weighted by Gasteiger charge is 2.25. The molecule has 0 fully saturated rings. The van der Waals surface area contributed by atoms with Gasteiger partial charge in [-0.3, -0.25) is 0 Å². The molecule has 35 heavy (non-hydrogen) atoms. The molecule has 176 valence electrons. The van der Waals surface area contributed by atoms with Gasteiger partial charge in [0.15, 0.2) is 0 Å². The largest absolute Gasteiger partial charge is 0.497 e. The van der Waals surface area contributed by atoms with Gasteiger partial charge in [-0.2, -0.15) is 0 Å². The van der Waals surface area contributed by atoms with Crippen LogP contribution in [0.5, 0.6) is 11.5 Å². The zero-order valence-corrected chi connectivity index (χ0v) is 18.6. The molecule has 0 aromatic heterocycles. The van der Waals surface area contributed by atoms with Gasteiger partial charge in [0, 0.05) is 35.4 Å². The highest BCUT2D eigenvalue weighted by Crippen LogP contribution is 2.47. The summed E-state index contributed by atoms with van der Waals surface area (Å²) in [5, 5.41) is 0.936. The van der Waals surface area contributed by atoms with Gasteiger partial charge < -0.3 is 9.47 Å². The van der Waals surface area contributed by atoms with Gasteiger partial charge >= 0.3 is 0 Å². The van der Waals surface area contributed by atoms with Crippen LogP contribution in [0.4, 0.5) is 22.0 Å². The molecule has 0 aliphatic carbocycles. The predicted octanol–water partition coefficient (Wildman–Crippen LogP) is 8.04. The van der Waals surface area contributed by atoms with Gasteiger partial charge in [-0.15, -0.1) is 0 Å². The third kappa shape index (κ3) is 3.64. The molecule has 0 bridgehead atoms. The molecule has 0 spiro atoms. The Balaban J connectivity index is 2.01. The summed E-state index contributed by atoms with van der Waals surface area (Å²) in [4.78, 5) is 0. The van der Waals surface area contributed by atoms with Gasteiger partial charge in [0.2, 0.25) is 0 Å². The molecule has 0 aliphatic rings. The number of methoxy groups -OCH3 is 2. The number of rotatable bonds is 4. The fourth-order valence-electron chi connectivity index (χ4n) is 4.50. The van der Waals surface area contributed by atoms with Crippen LogP contribution in [0.1, 0.15) is 0 Å². The number of benzene rings is 5. The summed E-state index contributed by atoms with van der Waals surface area (Å²) in [7, 11) is 2.56. The Morgan fingerprint density at radius 1 is 0.457 bits per heavy atom. The van der Waals surface area contributed by atoms with Crippen molar-refractivity contribution < 1.29 is 31.4 Å². The predicted molar refractivity (Wildman–Crippen MR) is 125 cm³/mol. The van der Waals surface area contributed by atoms with Gasteiger partial charge in [0.1, 0.15) is 40.6 Å². The van der Waals surface area contributed by atoms with Crippen LogP contribution in [-0.4, -0.2) is 14.2 Å². The van der Waals surface area contributed by atoms with Crippen molar-refractivity contribution in [3.8, 4) is 33.8 Å². The van der Waals surface area contributed by atoms with Crippen molar-refractivity contribution in [2.24, 2.45) is 0 Å². The standard InChI is InChI=1S/C28H17F5O2/c1-34-15-10-21(30)27(22(31)11-15)25-17-5-3-4-6-18(17)26(20-9-14(29)7-8-19(20)25)28-23(32)12-16(35-2)13-24(28)33/h3-13H,1-2H3. The maximum absolute atomic E-state index is 15.2. The molecule has 0 N–H and O–H groups in total. The summed E-state index contributed by atoms with van der Waals surface area (Å²) in [6.07, 6.45) is 0. The first-order chi connectivity index (χ1) is 16.8. The molecular formula is C28H17F5O2. The summed E-state index contributed by atoms with van der Waals surface area (Å²) in [5.41, 5.74) is -0.571. The van der Waals surface area contributed by atoms with E-state index in [1.807, 2.05) is 0 Å². The highest BCUT2D eigenvalue weighted by atomic mass is 19.1. The maximum atomic E-state index is 15.2. The zero-order chi connectivity index (χ0) is 24.9. The molecule has 0 radical (unpaired) electrons. The average molecular weight is 480 g/mol. The van der Waals surface area contributed by atoms with Gasteiger partial charge in [-0.1, -0.05) is 30.3 Å². The van der Waals surface area contributed by atoms with Gasteiger partial charge in [0.25, 0.3) is 0 Å². The minimum absolute atomic E-state index is 0.0117. The molecular weight excluding hydrogens is 463 g/mol. The SMILES string of the molecule is COc1cc(F)c(-c2c3ccccc3c(-c3c(F)cc(OC)cc3F)c3cc(F)ccc23)c(F)c1. The summed E-state index contributed by atoms with van der Waals surface area (Å²) in [6, 6.07) is 14.1. The van der Waals surface area contributed by atoms with Crippen LogP contribution in [0, 0.1) is 29.1 Å².